The van der Waals surface area contributed by atoms with Crippen molar-refractivity contribution in [2.45, 2.75) is 5.91 Å². The summed E-state index contributed by atoms with van der Waals surface area (Å²) in [7, 11) is -2.72. The lowest BCUT2D eigenvalue weighted by Gasteiger charge is -2.30. The molecule has 0 bridgehead atoms. The van der Waals surface area contributed by atoms with Crippen LogP contribution in [-0.4, -0.2) is 0 Å². The van der Waals surface area contributed by atoms with Gasteiger partial charge in [-0.05, 0) is 48.5 Å². The van der Waals surface area contributed by atoms with E-state index in [0.29, 0.717) is 5.56 Å². The van der Waals surface area contributed by atoms with Gasteiger partial charge in [-0.1, -0.05) is 66.7 Å². The fourth-order valence-electron chi connectivity index (χ4n) is 3.71. The van der Waals surface area contributed by atoms with Gasteiger partial charge in [-0.15, -0.1) is 0 Å². The van der Waals surface area contributed by atoms with Crippen molar-refractivity contribution < 1.29 is 8.78 Å². The standard InChI is InChI=1S/C25H20F2P/c26-21-12-10-11-20(19-21)25(27)28(22-13-4-1-5-14-22,23-15-6-2-7-16-23)24-17-8-3-9-18-24/h1-19,25H/q+1. The van der Waals surface area contributed by atoms with E-state index in [0.717, 1.165) is 15.9 Å². The summed E-state index contributed by atoms with van der Waals surface area (Å²) in [4.78, 5) is 0. The fraction of sp³-hybridized carbons (Fsp3) is 0.0400. The van der Waals surface area contributed by atoms with Crippen LogP contribution in [0.4, 0.5) is 8.78 Å². The third kappa shape index (κ3) is 3.25. The van der Waals surface area contributed by atoms with E-state index >= 15 is 4.39 Å². The summed E-state index contributed by atoms with van der Waals surface area (Å²) in [6.45, 7) is 0. The van der Waals surface area contributed by atoms with Crippen LogP contribution in [0.1, 0.15) is 11.5 Å². The Balaban J connectivity index is 2.07. The van der Waals surface area contributed by atoms with E-state index in [4.69, 9.17) is 0 Å². The summed E-state index contributed by atoms with van der Waals surface area (Å²) in [6, 6.07) is 35.3. The largest absolute Gasteiger partial charge is 0.244 e. The molecule has 3 heteroatoms. The first-order chi connectivity index (χ1) is 13.7. The van der Waals surface area contributed by atoms with Crippen molar-refractivity contribution in [3.8, 4) is 0 Å². The van der Waals surface area contributed by atoms with E-state index in [9.17, 15) is 4.39 Å². The first-order valence-electron chi connectivity index (χ1n) is 9.18. The topological polar surface area (TPSA) is 0 Å². The van der Waals surface area contributed by atoms with Gasteiger partial charge in [0.1, 0.15) is 21.7 Å². The number of alkyl halides is 1. The SMILES string of the molecule is Fc1cccc(C(F)[P+](c2ccccc2)(c2ccccc2)c2ccccc2)c1. The zero-order chi connectivity index (χ0) is 19.4. The van der Waals surface area contributed by atoms with Gasteiger partial charge in [-0.3, -0.25) is 0 Å². The quantitative estimate of drug-likeness (QED) is 0.379. The van der Waals surface area contributed by atoms with Gasteiger partial charge in [-0.2, -0.15) is 4.39 Å². The fourth-order valence-corrected chi connectivity index (χ4v) is 7.92. The maximum Gasteiger partial charge on any atom is 0.244 e. The lowest BCUT2D eigenvalue weighted by Crippen LogP contribution is -2.34. The molecule has 4 aromatic rings. The van der Waals surface area contributed by atoms with Gasteiger partial charge in [0.25, 0.3) is 0 Å². The number of hydrogen-bond donors (Lipinski definition) is 0. The third-order valence-corrected chi connectivity index (χ3v) is 9.27. The molecule has 0 radical (unpaired) electrons. The second kappa shape index (κ2) is 8.04. The molecule has 4 aromatic carbocycles. The van der Waals surface area contributed by atoms with Gasteiger partial charge in [0.05, 0.1) is 0 Å². The van der Waals surface area contributed by atoms with Crippen molar-refractivity contribution in [1.82, 2.24) is 0 Å². The summed E-state index contributed by atoms with van der Waals surface area (Å²) in [5.41, 5.74) is 0.366. The van der Waals surface area contributed by atoms with Crippen LogP contribution in [0.15, 0.2) is 115 Å². The molecule has 0 saturated heterocycles. The molecule has 0 nitrogen and oxygen atoms in total. The number of halogens is 2. The smallest absolute Gasteiger partial charge is 0.207 e. The number of hydrogen-bond acceptors (Lipinski definition) is 0. The summed E-state index contributed by atoms with van der Waals surface area (Å²) in [5, 5.41) is 2.80. The number of benzene rings is 4. The molecule has 0 fully saturated rings. The molecule has 0 aliphatic heterocycles. The van der Waals surface area contributed by atoms with Crippen LogP contribution >= 0.6 is 7.26 Å². The Morgan fingerprint density at radius 3 is 1.36 bits per heavy atom. The Bertz CT molecular complexity index is 937. The highest BCUT2D eigenvalue weighted by Gasteiger charge is 2.54. The Morgan fingerprint density at radius 1 is 0.536 bits per heavy atom. The average molecular weight is 389 g/mol. The predicted molar refractivity (Wildman–Crippen MR) is 115 cm³/mol. The molecule has 0 spiro atoms. The van der Waals surface area contributed by atoms with Crippen molar-refractivity contribution in [2.24, 2.45) is 0 Å². The molecule has 0 aliphatic rings. The van der Waals surface area contributed by atoms with Crippen LogP contribution < -0.4 is 15.9 Å². The molecule has 4 rings (SSSR count). The van der Waals surface area contributed by atoms with Gasteiger partial charge in [0, 0.05) is 5.56 Å². The highest BCUT2D eigenvalue weighted by atomic mass is 31.2. The van der Waals surface area contributed by atoms with E-state index in [-0.39, 0.29) is 0 Å². The third-order valence-electron chi connectivity index (χ3n) is 4.95. The molecule has 0 N–H and O–H groups in total. The maximum absolute atomic E-state index is 16.6. The van der Waals surface area contributed by atoms with Gasteiger partial charge in [0.15, 0.2) is 7.26 Å². The Hall–Kier alpha value is -2.83. The molecule has 0 saturated carbocycles. The minimum atomic E-state index is -2.72. The van der Waals surface area contributed by atoms with E-state index < -0.39 is 19.0 Å². The molecule has 1 unspecified atom stereocenters. The summed E-state index contributed by atoms with van der Waals surface area (Å²) in [6.07, 6.45) is 0. The van der Waals surface area contributed by atoms with E-state index in [1.807, 2.05) is 91.0 Å². The Kier molecular flexibility index (Phi) is 5.32. The highest BCUT2D eigenvalue weighted by Crippen LogP contribution is 2.67. The van der Waals surface area contributed by atoms with Crippen LogP contribution in [0.3, 0.4) is 0 Å². The first kappa shape index (κ1) is 18.5. The van der Waals surface area contributed by atoms with Crippen LogP contribution in [-0.2, 0) is 0 Å². The van der Waals surface area contributed by atoms with E-state index in [2.05, 4.69) is 0 Å². The van der Waals surface area contributed by atoms with Gasteiger partial charge in [-0.25, -0.2) is 4.39 Å². The minimum Gasteiger partial charge on any atom is -0.207 e. The van der Waals surface area contributed by atoms with Crippen molar-refractivity contribution in [2.75, 3.05) is 0 Å². The molecule has 28 heavy (non-hydrogen) atoms. The van der Waals surface area contributed by atoms with Crippen molar-refractivity contribution in [1.29, 1.82) is 0 Å². The molecule has 0 amide bonds. The van der Waals surface area contributed by atoms with Crippen molar-refractivity contribution in [3.63, 3.8) is 0 Å². The van der Waals surface area contributed by atoms with Gasteiger partial charge < -0.3 is 0 Å². The maximum atomic E-state index is 16.6. The molecular weight excluding hydrogens is 369 g/mol. The Morgan fingerprint density at radius 2 is 0.964 bits per heavy atom. The summed E-state index contributed by atoms with van der Waals surface area (Å²) >= 11 is 0. The van der Waals surface area contributed by atoms with E-state index in [1.165, 1.54) is 12.1 Å². The zero-order valence-corrected chi connectivity index (χ0v) is 16.1. The zero-order valence-electron chi connectivity index (χ0n) is 15.3. The highest BCUT2D eigenvalue weighted by molar-refractivity contribution is 7.95. The molecule has 0 heterocycles. The molecule has 1 atom stereocenters. The molecule has 0 aliphatic carbocycles. The Labute approximate surface area is 164 Å². The minimum absolute atomic E-state index is 0.366. The van der Waals surface area contributed by atoms with Crippen molar-refractivity contribution >= 4 is 23.2 Å². The molecular formula is C25H20F2P+. The second-order valence-corrected chi connectivity index (χ2v) is 10.1. The monoisotopic (exact) mass is 389 g/mol. The average Bonchev–Trinajstić information content (AvgIpc) is 2.76. The predicted octanol–water partition coefficient (Wildman–Crippen LogP) is 5.79. The van der Waals surface area contributed by atoms with Crippen LogP contribution in [0.2, 0.25) is 0 Å². The van der Waals surface area contributed by atoms with Crippen molar-refractivity contribution in [3.05, 3.63) is 127 Å². The lowest BCUT2D eigenvalue weighted by atomic mass is 10.2. The molecule has 138 valence electrons. The number of rotatable bonds is 5. The first-order valence-corrected chi connectivity index (χ1v) is 11.0. The van der Waals surface area contributed by atoms with Crippen LogP contribution in [0.5, 0.6) is 0 Å². The van der Waals surface area contributed by atoms with Gasteiger partial charge in [0.2, 0.25) is 5.91 Å². The lowest BCUT2D eigenvalue weighted by molar-refractivity contribution is 0.459. The second-order valence-electron chi connectivity index (χ2n) is 6.62. The van der Waals surface area contributed by atoms with Gasteiger partial charge >= 0.3 is 0 Å². The van der Waals surface area contributed by atoms with Crippen LogP contribution in [0.25, 0.3) is 0 Å². The van der Waals surface area contributed by atoms with E-state index in [1.54, 1.807) is 12.1 Å². The normalized spacial score (nSPS) is 12.5. The summed E-state index contributed by atoms with van der Waals surface area (Å²) < 4.78 is 30.5. The van der Waals surface area contributed by atoms with Crippen LogP contribution in [0, 0.1) is 5.82 Å². The molecule has 0 aromatic heterocycles. The summed E-state index contributed by atoms with van der Waals surface area (Å²) in [5.74, 6) is -1.79.